The topological polar surface area (TPSA) is 106 Å². The van der Waals surface area contributed by atoms with Crippen LogP contribution in [-0.4, -0.2) is 22.0 Å². The van der Waals surface area contributed by atoms with E-state index in [0.717, 1.165) is 0 Å². The van der Waals surface area contributed by atoms with Crippen LogP contribution in [0.5, 0.6) is 0 Å². The highest BCUT2D eigenvalue weighted by atomic mass is 16.6. The fraction of sp³-hybridized carbons (Fsp3) is 0.300. The van der Waals surface area contributed by atoms with Crippen LogP contribution in [0.25, 0.3) is 0 Å². The van der Waals surface area contributed by atoms with E-state index in [-0.39, 0.29) is 12.1 Å². The molecule has 6 heteroatoms. The summed E-state index contributed by atoms with van der Waals surface area (Å²) in [7, 11) is 0. The molecule has 0 aliphatic heterocycles. The lowest BCUT2D eigenvalue weighted by atomic mass is 10.0. The molecule has 16 heavy (non-hydrogen) atoms. The molecule has 86 valence electrons. The highest BCUT2D eigenvalue weighted by Crippen LogP contribution is 2.23. The van der Waals surface area contributed by atoms with E-state index >= 15 is 0 Å². The fourth-order valence-corrected chi connectivity index (χ4v) is 1.47. The number of para-hydroxylation sites is 1. The first-order valence-corrected chi connectivity index (χ1v) is 4.64. The van der Waals surface area contributed by atoms with Gasteiger partial charge in [-0.2, -0.15) is 0 Å². The number of nitrogens with two attached hydrogens (primary N) is 1. The molecule has 3 N–H and O–H groups in total. The third-order valence-electron chi connectivity index (χ3n) is 2.26. The summed E-state index contributed by atoms with van der Waals surface area (Å²) in [6.07, 6.45) is -0.0483. The molecule has 0 aliphatic rings. The van der Waals surface area contributed by atoms with Crippen LogP contribution in [0.3, 0.4) is 0 Å². The Balaban J connectivity index is 3.09. The first-order chi connectivity index (χ1) is 7.43. The quantitative estimate of drug-likeness (QED) is 0.582. The highest BCUT2D eigenvalue weighted by Gasteiger charge is 2.21. The van der Waals surface area contributed by atoms with Crippen molar-refractivity contribution >= 4 is 11.7 Å². The van der Waals surface area contributed by atoms with E-state index in [9.17, 15) is 14.9 Å². The molecule has 6 nitrogen and oxygen atoms in total. The predicted molar refractivity (Wildman–Crippen MR) is 57.1 cm³/mol. The summed E-state index contributed by atoms with van der Waals surface area (Å²) in [6.45, 7) is 1.61. The lowest BCUT2D eigenvalue weighted by Crippen LogP contribution is -2.32. The van der Waals surface area contributed by atoms with Crippen molar-refractivity contribution in [2.24, 2.45) is 5.73 Å². The third kappa shape index (κ3) is 2.54. The summed E-state index contributed by atoms with van der Waals surface area (Å²) >= 11 is 0. The van der Waals surface area contributed by atoms with Crippen molar-refractivity contribution in [3.63, 3.8) is 0 Å². The van der Waals surface area contributed by atoms with Crippen LogP contribution >= 0.6 is 0 Å². The monoisotopic (exact) mass is 224 g/mol. The number of nitrogens with zero attached hydrogens (tertiary/aromatic N) is 1. The summed E-state index contributed by atoms with van der Waals surface area (Å²) in [5, 5.41) is 19.5. The molecule has 0 heterocycles. The van der Waals surface area contributed by atoms with Crippen molar-refractivity contribution in [2.45, 2.75) is 19.4 Å². The number of benzene rings is 1. The van der Waals surface area contributed by atoms with Crippen molar-refractivity contribution in [2.75, 3.05) is 0 Å². The predicted octanol–water partition coefficient (Wildman–Crippen LogP) is 0.858. The van der Waals surface area contributed by atoms with Crippen LogP contribution in [-0.2, 0) is 11.2 Å². The zero-order valence-electron chi connectivity index (χ0n) is 8.71. The standard InChI is InChI=1S/C10H12N2O4/c1-6-3-2-4-7(9(6)12(15)16)5-8(11)10(13)14/h2-4,8H,5,11H2,1H3,(H,13,14). The van der Waals surface area contributed by atoms with Gasteiger partial charge in [-0.3, -0.25) is 14.9 Å². The Morgan fingerprint density at radius 2 is 2.25 bits per heavy atom. The fourth-order valence-electron chi connectivity index (χ4n) is 1.47. The van der Waals surface area contributed by atoms with E-state index in [1.54, 1.807) is 19.1 Å². The number of carbonyl (C=O) groups is 1. The van der Waals surface area contributed by atoms with E-state index in [1.165, 1.54) is 6.07 Å². The van der Waals surface area contributed by atoms with Crippen molar-refractivity contribution in [1.29, 1.82) is 0 Å². The Morgan fingerprint density at radius 1 is 1.62 bits per heavy atom. The van der Waals surface area contributed by atoms with E-state index in [1.807, 2.05) is 0 Å². The lowest BCUT2D eigenvalue weighted by molar-refractivity contribution is -0.386. The normalized spacial score (nSPS) is 12.1. The maximum atomic E-state index is 10.8. The number of aryl methyl sites for hydroxylation is 1. The van der Waals surface area contributed by atoms with Gasteiger partial charge in [-0.05, 0) is 6.92 Å². The minimum absolute atomic E-state index is 0.0483. The highest BCUT2D eigenvalue weighted by molar-refractivity contribution is 5.74. The first kappa shape index (κ1) is 12.1. The molecule has 1 rings (SSSR count). The molecular formula is C10H12N2O4. The summed E-state index contributed by atoms with van der Waals surface area (Å²) in [5.74, 6) is -1.17. The van der Waals surface area contributed by atoms with Crippen molar-refractivity contribution in [3.05, 3.63) is 39.4 Å². The molecule has 1 aromatic rings. The van der Waals surface area contributed by atoms with Gasteiger partial charge < -0.3 is 10.8 Å². The Bertz CT molecular complexity index is 431. The molecule has 0 aliphatic carbocycles. The Hall–Kier alpha value is -1.95. The number of rotatable bonds is 4. The molecule has 1 atom stereocenters. The number of aliphatic carboxylic acids is 1. The molecule has 0 aromatic heterocycles. The molecule has 0 saturated carbocycles. The maximum Gasteiger partial charge on any atom is 0.320 e. The molecule has 0 spiro atoms. The summed E-state index contributed by atoms with van der Waals surface area (Å²) in [5.41, 5.74) is 6.14. The van der Waals surface area contributed by atoms with E-state index in [2.05, 4.69) is 0 Å². The van der Waals surface area contributed by atoms with Gasteiger partial charge in [0.1, 0.15) is 6.04 Å². The molecule has 0 fully saturated rings. The minimum Gasteiger partial charge on any atom is -0.480 e. The van der Waals surface area contributed by atoms with Crippen LogP contribution in [0.4, 0.5) is 5.69 Å². The smallest absolute Gasteiger partial charge is 0.320 e. The van der Waals surface area contributed by atoms with Crippen molar-refractivity contribution < 1.29 is 14.8 Å². The first-order valence-electron chi connectivity index (χ1n) is 4.64. The number of carboxylic acid groups (broad SMARTS) is 1. The number of hydrogen-bond acceptors (Lipinski definition) is 4. The molecule has 0 bridgehead atoms. The Labute approximate surface area is 91.8 Å². The van der Waals surface area contributed by atoms with Crippen LogP contribution in [0.2, 0.25) is 0 Å². The van der Waals surface area contributed by atoms with Crippen LogP contribution in [0.1, 0.15) is 11.1 Å². The molecular weight excluding hydrogens is 212 g/mol. The second-order valence-corrected chi connectivity index (χ2v) is 3.49. The average Bonchev–Trinajstić information content (AvgIpc) is 2.16. The van der Waals surface area contributed by atoms with Gasteiger partial charge in [0.2, 0.25) is 0 Å². The van der Waals surface area contributed by atoms with Crippen LogP contribution < -0.4 is 5.73 Å². The van der Waals surface area contributed by atoms with E-state index in [4.69, 9.17) is 10.8 Å². The molecule has 0 saturated heterocycles. The summed E-state index contributed by atoms with van der Waals surface area (Å²) in [4.78, 5) is 20.9. The average molecular weight is 224 g/mol. The van der Waals surface area contributed by atoms with Gasteiger partial charge in [-0.25, -0.2) is 0 Å². The van der Waals surface area contributed by atoms with Crippen molar-refractivity contribution in [1.82, 2.24) is 0 Å². The van der Waals surface area contributed by atoms with Crippen LogP contribution in [0, 0.1) is 17.0 Å². The second kappa shape index (κ2) is 4.71. The number of carboxylic acids is 1. The van der Waals surface area contributed by atoms with Gasteiger partial charge in [-0.15, -0.1) is 0 Å². The molecule has 1 unspecified atom stereocenters. The molecule has 0 radical (unpaired) electrons. The van der Waals surface area contributed by atoms with Gasteiger partial charge in [-0.1, -0.05) is 18.2 Å². The summed E-state index contributed by atoms with van der Waals surface area (Å²) in [6, 6.07) is 3.65. The zero-order valence-corrected chi connectivity index (χ0v) is 8.71. The van der Waals surface area contributed by atoms with Crippen LogP contribution in [0.15, 0.2) is 18.2 Å². The zero-order chi connectivity index (χ0) is 12.3. The maximum absolute atomic E-state index is 10.8. The Kier molecular flexibility index (Phi) is 3.57. The van der Waals surface area contributed by atoms with Gasteiger partial charge in [0.15, 0.2) is 0 Å². The molecule has 0 amide bonds. The van der Waals surface area contributed by atoms with Gasteiger partial charge >= 0.3 is 5.97 Å². The van der Waals surface area contributed by atoms with Gasteiger partial charge in [0.05, 0.1) is 4.92 Å². The lowest BCUT2D eigenvalue weighted by Gasteiger charge is -2.08. The van der Waals surface area contributed by atoms with E-state index in [0.29, 0.717) is 11.1 Å². The summed E-state index contributed by atoms with van der Waals surface area (Å²) < 4.78 is 0. The third-order valence-corrected chi connectivity index (χ3v) is 2.26. The molecule has 1 aromatic carbocycles. The van der Waals surface area contributed by atoms with Gasteiger partial charge in [0.25, 0.3) is 5.69 Å². The number of nitro benzene ring substituents is 1. The Morgan fingerprint density at radius 3 is 2.75 bits per heavy atom. The SMILES string of the molecule is Cc1cccc(CC(N)C(=O)O)c1[N+](=O)[O-]. The largest absolute Gasteiger partial charge is 0.480 e. The van der Waals surface area contributed by atoms with E-state index < -0.39 is 16.9 Å². The van der Waals surface area contributed by atoms with Crippen molar-refractivity contribution in [3.8, 4) is 0 Å². The number of nitro groups is 1. The van der Waals surface area contributed by atoms with Gasteiger partial charge in [0, 0.05) is 17.5 Å². The minimum atomic E-state index is -1.17. The number of hydrogen-bond donors (Lipinski definition) is 2. The second-order valence-electron chi connectivity index (χ2n) is 3.49.